The monoisotopic (exact) mass is 460 g/mol. The van der Waals surface area contributed by atoms with Crippen LogP contribution in [0.1, 0.15) is 35.0 Å². The number of likely N-dealkylation sites (tertiary alicyclic amines) is 1. The van der Waals surface area contributed by atoms with Crippen LogP contribution in [0.25, 0.3) is 21.5 Å². The first-order valence-electron chi connectivity index (χ1n) is 10.9. The number of rotatable bonds is 5. The third kappa shape index (κ3) is 4.19. The van der Waals surface area contributed by atoms with Crippen LogP contribution in [0.3, 0.4) is 0 Å². The topological polar surface area (TPSA) is 95.9 Å². The van der Waals surface area contributed by atoms with Gasteiger partial charge in [-0.3, -0.25) is 20.0 Å². The van der Waals surface area contributed by atoms with Crippen LogP contribution >= 0.6 is 11.3 Å². The van der Waals surface area contributed by atoms with E-state index in [1.54, 1.807) is 12.4 Å². The number of imidazole rings is 1. The second-order valence-electron chi connectivity index (χ2n) is 8.01. The number of nitrogens with zero attached hydrogens (tertiary/aromatic N) is 4. The number of thiophene rings is 1. The molecule has 4 heterocycles. The number of aromatic amines is 1. The number of aromatic nitrogens is 4. The van der Waals surface area contributed by atoms with Crippen molar-refractivity contribution in [3.05, 3.63) is 66.3 Å². The fraction of sp³-hybridized carbons (Fsp3) is 0.250. The van der Waals surface area contributed by atoms with E-state index in [0.29, 0.717) is 23.9 Å². The molecule has 1 aliphatic rings. The van der Waals surface area contributed by atoms with Gasteiger partial charge in [-0.1, -0.05) is 18.7 Å². The van der Waals surface area contributed by atoms with E-state index < -0.39 is 0 Å². The molecule has 1 saturated heterocycles. The Morgan fingerprint density at radius 2 is 2.06 bits per heavy atom. The Labute approximate surface area is 194 Å². The molecule has 33 heavy (non-hydrogen) atoms. The minimum Gasteiger partial charge on any atom is -0.339 e. The highest BCUT2D eigenvalue weighted by Gasteiger charge is 2.25. The van der Waals surface area contributed by atoms with Gasteiger partial charge in [0.1, 0.15) is 0 Å². The van der Waals surface area contributed by atoms with Crippen LogP contribution in [-0.2, 0) is 4.79 Å². The Kier molecular flexibility index (Phi) is 5.78. The van der Waals surface area contributed by atoms with Crippen LogP contribution in [0.4, 0.5) is 5.95 Å². The highest BCUT2D eigenvalue weighted by molar-refractivity contribution is 7.17. The maximum atomic E-state index is 13.1. The SMILES string of the molecule is C=CC(=O)N1CCC[C@@H](n2c(NC(=O)c3ccc(-c4cn[nH]c4)s3)nc3ccccc32)CC1. The van der Waals surface area contributed by atoms with Crippen LogP contribution in [0.15, 0.2) is 61.4 Å². The summed E-state index contributed by atoms with van der Waals surface area (Å²) in [6.45, 7) is 4.97. The molecule has 3 aromatic heterocycles. The van der Waals surface area contributed by atoms with E-state index in [1.165, 1.54) is 17.4 Å². The first-order chi connectivity index (χ1) is 16.1. The summed E-state index contributed by atoms with van der Waals surface area (Å²) in [4.78, 5) is 33.4. The Morgan fingerprint density at radius 1 is 1.18 bits per heavy atom. The number of carbonyl (C=O) groups excluding carboxylic acids is 2. The van der Waals surface area contributed by atoms with Crippen molar-refractivity contribution in [2.45, 2.75) is 25.3 Å². The van der Waals surface area contributed by atoms with Gasteiger partial charge in [0.25, 0.3) is 5.91 Å². The number of hydrogen-bond donors (Lipinski definition) is 2. The maximum absolute atomic E-state index is 13.1. The molecule has 168 valence electrons. The summed E-state index contributed by atoms with van der Waals surface area (Å²) in [7, 11) is 0. The molecule has 1 atom stereocenters. The average molecular weight is 461 g/mol. The van der Waals surface area contributed by atoms with E-state index in [-0.39, 0.29) is 17.9 Å². The first-order valence-corrected chi connectivity index (χ1v) is 11.7. The molecule has 1 aromatic carbocycles. The zero-order valence-electron chi connectivity index (χ0n) is 18.0. The van der Waals surface area contributed by atoms with Crippen molar-refractivity contribution < 1.29 is 9.59 Å². The van der Waals surface area contributed by atoms with E-state index in [9.17, 15) is 9.59 Å². The minimum atomic E-state index is -0.191. The number of nitrogens with one attached hydrogen (secondary N) is 2. The minimum absolute atomic E-state index is 0.0363. The number of carbonyl (C=O) groups is 2. The van der Waals surface area contributed by atoms with Crippen molar-refractivity contribution in [2.75, 3.05) is 18.4 Å². The van der Waals surface area contributed by atoms with Gasteiger partial charge < -0.3 is 9.47 Å². The van der Waals surface area contributed by atoms with Gasteiger partial charge in [-0.25, -0.2) is 4.98 Å². The standard InChI is InChI=1S/C24H24N6O2S/c1-2-22(31)29-12-5-6-17(11-13-29)30-19-8-4-3-7-18(19)27-24(30)28-23(32)21-10-9-20(33-21)16-14-25-26-15-16/h2-4,7-10,14-15,17H,1,5-6,11-13H2,(H,25,26)(H,27,28,32)/t17-/m1/s1. The summed E-state index contributed by atoms with van der Waals surface area (Å²) < 4.78 is 2.12. The fourth-order valence-corrected chi connectivity index (χ4v) is 5.23. The molecule has 8 nitrogen and oxygen atoms in total. The van der Waals surface area contributed by atoms with Crippen LogP contribution in [0.5, 0.6) is 0 Å². The summed E-state index contributed by atoms with van der Waals surface area (Å²) in [5.41, 5.74) is 2.76. The summed E-state index contributed by atoms with van der Waals surface area (Å²) in [6, 6.07) is 11.8. The molecule has 0 spiro atoms. The fourth-order valence-electron chi connectivity index (χ4n) is 4.35. The average Bonchev–Trinajstić information content (AvgIpc) is 3.56. The third-order valence-corrected chi connectivity index (χ3v) is 7.12. The number of para-hydroxylation sites is 2. The van der Waals surface area contributed by atoms with Crippen molar-refractivity contribution in [3.8, 4) is 10.4 Å². The van der Waals surface area contributed by atoms with Gasteiger partial charge in [-0.05, 0) is 49.6 Å². The Hall–Kier alpha value is -3.72. The molecule has 1 aliphatic heterocycles. The molecule has 0 bridgehead atoms. The maximum Gasteiger partial charge on any atom is 0.268 e. The molecule has 0 saturated carbocycles. The molecule has 5 rings (SSSR count). The zero-order chi connectivity index (χ0) is 22.8. The molecule has 9 heteroatoms. The van der Waals surface area contributed by atoms with Crippen LogP contribution in [-0.4, -0.2) is 49.6 Å². The highest BCUT2D eigenvalue weighted by Crippen LogP contribution is 2.32. The number of H-pyrrole nitrogens is 1. The summed E-state index contributed by atoms with van der Waals surface area (Å²) in [6.07, 6.45) is 7.47. The summed E-state index contributed by atoms with van der Waals surface area (Å²) >= 11 is 1.41. The predicted molar refractivity (Wildman–Crippen MR) is 129 cm³/mol. The summed E-state index contributed by atoms with van der Waals surface area (Å²) in [5, 5.41) is 9.81. The third-order valence-electron chi connectivity index (χ3n) is 5.98. The van der Waals surface area contributed by atoms with Crippen molar-refractivity contribution >= 4 is 40.1 Å². The molecule has 0 unspecified atom stereocenters. The van der Waals surface area contributed by atoms with Crippen LogP contribution < -0.4 is 5.32 Å². The molecular weight excluding hydrogens is 436 g/mol. The quantitative estimate of drug-likeness (QED) is 0.429. The van der Waals surface area contributed by atoms with Gasteiger partial charge in [0.05, 0.1) is 22.1 Å². The summed E-state index contributed by atoms with van der Waals surface area (Å²) in [5.74, 6) is 0.308. The first kappa shape index (κ1) is 21.1. The Morgan fingerprint density at radius 3 is 2.88 bits per heavy atom. The number of benzene rings is 1. The lowest BCUT2D eigenvalue weighted by atomic mass is 10.1. The lowest BCUT2D eigenvalue weighted by molar-refractivity contribution is -0.125. The van der Waals surface area contributed by atoms with E-state index in [4.69, 9.17) is 4.98 Å². The highest BCUT2D eigenvalue weighted by atomic mass is 32.1. The second-order valence-corrected chi connectivity index (χ2v) is 9.10. The molecule has 1 fully saturated rings. The number of amides is 2. The van der Waals surface area contributed by atoms with E-state index >= 15 is 0 Å². The number of fused-ring (bicyclic) bond motifs is 1. The smallest absolute Gasteiger partial charge is 0.268 e. The molecule has 4 aromatic rings. The van der Waals surface area contributed by atoms with Crippen molar-refractivity contribution in [3.63, 3.8) is 0 Å². The van der Waals surface area contributed by atoms with E-state index in [2.05, 4.69) is 26.7 Å². The number of anilines is 1. The van der Waals surface area contributed by atoms with E-state index in [1.807, 2.05) is 41.3 Å². The number of hydrogen-bond acceptors (Lipinski definition) is 5. The molecule has 2 amide bonds. The molecule has 2 N–H and O–H groups in total. The van der Waals surface area contributed by atoms with Gasteiger partial charge in [-0.2, -0.15) is 5.10 Å². The van der Waals surface area contributed by atoms with Gasteiger partial charge in [-0.15, -0.1) is 11.3 Å². The Balaban J connectivity index is 1.43. The lowest BCUT2D eigenvalue weighted by Crippen LogP contribution is -2.30. The van der Waals surface area contributed by atoms with Gasteiger partial charge >= 0.3 is 0 Å². The second kappa shape index (κ2) is 9.03. The van der Waals surface area contributed by atoms with Crippen LogP contribution in [0, 0.1) is 0 Å². The van der Waals surface area contributed by atoms with E-state index in [0.717, 1.165) is 40.7 Å². The zero-order valence-corrected chi connectivity index (χ0v) is 18.8. The molecule has 0 radical (unpaired) electrons. The predicted octanol–water partition coefficient (Wildman–Crippen LogP) is 4.48. The Bertz CT molecular complexity index is 1310. The van der Waals surface area contributed by atoms with Gasteiger partial charge in [0, 0.05) is 35.8 Å². The molecule has 0 aliphatic carbocycles. The molecular formula is C24H24N6O2S. The van der Waals surface area contributed by atoms with Gasteiger partial charge in [0.2, 0.25) is 11.9 Å². The van der Waals surface area contributed by atoms with Crippen molar-refractivity contribution in [2.24, 2.45) is 0 Å². The normalized spacial score (nSPS) is 16.5. The van der Waals surface area contributed by atoms with Crippen molar-refractivity contribution in [1.29, 1.82) is 0 Å². The van der Waals surface area contributed by atoms with Crippen molar-refractivity contribution in [1.82, 2.24) is 24.6 Å². The lowest BCUT2D eigenvalue weighted by Gasteiger charge is -2.21. The van der Waals surface area contributed by atoms with Crippen LogP contribution in [0.2, 0.25) is 0 Å². The largest absolute Gasteiger partial charge is 0.339 e. The van der Waals surface area contributed by atoms with Gasteiger partial charge in [0.15, 0.2) is 0 Å².